The van der Waals surface area contributed by atoms with Crippen LogP contribution in [0.15, 0.2) is 42.5 Å². The van der Waals surface area contributed by atoms with Gasteiger partial charge >= 0.3 is 0 Å². The molecule has 2 aliphatic heterocycles. The molecule has 6 nitrogen and oxygen atoms in total. The summed E-state index contributed by atoms with van der Waals surface area (Å²) in [6, 6.07) is 12.6. The Labute approximate surface area is 163 Å². The van der Waals surface area contributed by atoms with E-state index >= 15 is 0 Å². The summed E-state index contributed by atoms with van der Waals surface area (Å²) in [7, 11) is 0. The van der Waals surface area contributed by atoms with Crippen molar-refractivity contribution >= 4 is 11.6 Å². The second-order valence-electron chi connectivity index (χ2n) is 6.93. The van der Waals surface area contributed by atoms with Crippen molar-refractivity contribution in [2.75, 3.05) is 44.4 Å². The standard InChI is InChI=1S/C21H24FN3O3/c22-17-3-1-2-4-18(17)24-9-11-25(12-10-24)21(26)7-8-23-14-16-5-6-19-20(13-16)28-15-27-19/h1-6,13,23H,7-12,14-15H2. The molecule has 0 bridgehead atoms. The van der Waals surface area contributed by atoms with E-state index in [1.165, 1.54) is 6.07 Å². The van der Waals surface area contributed by atoms with Gasteiger partial charge in [0.15, 0.2) is 11.5 Å². The molecule has 2 heterocycles. The van der Waals surface area contributed by atoms with Crippen LogP contribution in [0.3, 0.4) is 0 Å². The van der Waals surface area contributed by atoms with E-state index in [4.69, 9.17) is 9.47 Å². The molecular formula is C21H24FN3O3. The van der Waals surface area contributed by atoms with Crippen molar-refractivity contribution < 1.29 is 18.7 Å². The summed E-state index contributed by atoms with van der Waals surface area (Å²) in [4.78, 5) is 16.3. The number of para-hydroxylation sites is 1. The van der Waals surface area contributed by atoms with Crippen molar-refractivity contribution in [1.82, 2.24) is 10.2 Å². The summed E-state index contributed by atoms with van der Waals surface area (Å²) in [6.45, 7) is 4.09. The molecule has 0 aromatic heterocycles. The van der Waals surface area contributed by atoms with Crippen molar-refractivity contribution in [2.45, 2.75) is 13.0 Å². The zero-order valence-electron chi connectivity index (χ0n) is 15.7. The van der Waals surface area contributed by atoms with Gasteiger partial charge in [-0.25, -0.2) is 4.39 Å². The van der Waals surface area contributed by atoms with Gasteiger partial charge in [-0.1, -0.05) is 18.2 Å². The first-order chi connectivity index (χ1) is 13.7. The van der Waals surface area contributed by atoms with Crippen LogP contribution in [0.25, 0.3) is 0 Å². The van der Waals surface area contributed by atoms with Crippen LogP contribution in [0.2, 0.25) is 0 Å². The van der Waals surface area contributed by atoms with E-state index in [-0.39, 0.29) is 18.5 Å². The molecule has 2 aromatic carbocycles. The van der Waals surface area contributed by atoms with Gasteiger partial charge < -0.3 is 24.6 Å². The van der Waals surface area contributed by atoms with Crippen LogP contribution >= 0.6 is 0 Å². The maximum Gasteiger partial charge on any atom is 0.231 e. The van der Waals surface area contributed by atoms with Gasteiger partial charge in [0.05, 0.1) is 5.69 Å². The minimum absolute atomic E-state index is 0.131. The molecule has 1 saturated heterocycles. The molecule has 1 N–H and O–H groups in total. The first-order valence-electron chi connectivity index (χ1n) is 9.57. The van der Waals surface area contributed by atoms with Gasteiger partial charge in [-0.2, -0.15) is 0 Å². The number of rotatable bonds is 6. The van der Waals surface area contributed by atoms with E-state index in [9.17, 15) is 9.18 Å². The molecule has 0 aliphatic carbocycles. The Hall–Kier alpha value is -2.80. The number of halogens is 1. The summed E-state index contributed by atoms with van der Waals surface area (Å²) in [5.74, 6) is 1.46. The summed E-state index contributed by atoms with van der Waals surface area (Å²) >= 11 is 0. The molecule has 7 heteroatoms. The maximum absolute atomic E-state index is 13.9. The second kappa shape index (κ2) is 8.48. The zero-order chi connectivity index (χ0) is 19.3. The van der Waals surface area contributed by atoms with Crippen LogP contribution in [-0.2, 0) is 11.3 Å². The number of amides is 1. The molecule has 1 fully saturated rings. The van der Waals surface area contributed by atoms with Crippen molar-refractivity contribution in [2.24, 2.45) is 0 Å². The molecule has 0 atom stereocenters. The minimum atomic E-state index is -0.213. The van der Waals surface area contributed by atoms with Crippen LogP contribution in [0.5, 0.6) is 11.5 Å². The molecular weight excluding hydrogens is 361 g/mol. The Kier molecular flexibility index (Phi) is 5.62. The van der Waals surface area contributed by atoms with Crippen LogP contribution in [0.1, 0.15) is 12.0 Å². The normalized spacial score (nSPS) is 15.8. The highest BCUT2D eigenvalue weighted by Crippen LogP contribution is 2.32. The van der Waals surface area contributed by atoms with Crippen LogP contribution in [-0.4, -0.2) is 50.3 Å². The van der Waals surface area contributed by atoms with E-state index in [1.807, 2.05) is 34.1 Å². The Morgan fingerprint density at radius 3 is 2.64 bits per heavy atom. The van der Waals surface area contributed by atoms with Crippen molar-refractivity contribution in [3.63, 3.8) is 0 Å². The summed E-state index contributed by atoms with van der Waals surface area (Å²) in [5, 5.41) is 3.30. The third-order valence-corrected chi connectivity index (χ3v) is 5.11. The van der Waals surface area contributed by atoms with Gasteiger partial charge in [-0.05, 0) is 29.8 Å². The Morgan fingerprint density at radius 2 is 1.82 bits per heavy atom. The predicted molar refractivity (Wildman–Crippen MR) is 104 cm³/mol. The topological polar surface area (TPSA) is 54.0 Å². The highest BCUT2D eigenvalue weighted by molar-refractivity contribution is 5.76. The first-order valence-corrected chi connectivity index (χ1v) is 9.57. The van der Waals surface area contributed by atoms with E-state index in [0.717, 1.165) is 17.1 Å². The zero-order valence-corrected chi connectivity index (χ0v) is 15.7. The lowest BCUT2D eigenvalue weighted by Crippen LogP contribution is -2.49. The molecule has 0 unspecified atom stereocenters. The molecule has 4 rings (SSSR count). The Bertz CT molecular complexity index is 837. The fraction of sp³-hybridized carbons (Fsp3) is 0.381. The lowest BCUT2D eigenvalue weighted by molar-refractivity contribution is -0.131. The molecule has 28 heavy (non-hydrogen) atoms. The average Bonchev–Trinajstić information content (AvgIpc) is 3.19. The van der Waals surface area contributed by atoms with Gasteiger partial charge in [-0.15, -0.1) is 0 Å². The fourth-order valence-electron chi connectivity index (χ4n) is 3.54. The highest BCUT2D eigenvalue weighted by atomic mass is 19.1. The number of piperazine rings is 1. The number of fused-ring (bicyclic) bond motifs is 1. The predicted octanol–water partition coefficient (Wildman–Crippen LogP) is 2.38. The van der Waals surface area contributed by atoms with Crippen LogP contribution in [0.4, 0.5) is 10.1 Å². The molecule has 2 aliphatic rings. The lowest BCUT2D eigenvalue weighted by atomic mass is 10.2. The van der Waals surface area contributed by atoms with Gasteiger partial charge in [0.25, 0.3) is 0 Å². The summed E-state index contributed by atoms with van der Waals surface area (Å²) < 4.78 is 24.6. The Morgan fingerprint density at radius 1 is 1.04 bits per heavy atom. The van der Waals surface area contributed by atoms with Gasteiger partial charge in [0.1, 0.15) is 5.82 Å². The molecule has 0 spiro atoms. The largest absolute Gasteiger partial charge is 0.454 e. The minimum Gasteiger partial charge on any atom is -0.454 e. The lowest BCUT2D eigenvalue weighted by Gasteiger charge is -2.36. The number of nitrogens with zero attached hydrogens (tertiary/aromatic N) is 2. The van der Waals surface area contributed by atoms with Gasteiger partial charge in [0.2, 0.25) is 12.7 Å². The van der Waals surface area contributed by atoms with Crippen molar-refractivity contribution in [3.8, 4) is 11.5 Å². The van der Waals surface area contributed by atoms with E-state index < -0.39 is 0 Å². The smallest absolute Gasteiger partial charge is 0.231 e. The first kappa shape index (κ1) is 18.6. The third-order valence-electron chi connectivity index (χ3n) is 5.11. The molecule has 0 radical (unpaired) electrons. The van der Waals surface area contributed by atoms with E-state index in [1.54, 1.807) is 12.1 Å². The number of nitrogens with one attached hydrogen (secondary N) is 1. The molecule has 148 valence electrons. The number of carbonyl (C=O) groups is 1. The summed E-state index contributed by atoms with van der Waals surface area (Å²) in [5.41, 5.74) is 1.70. The van der Waals surface area contributed by atoms with E-state index in [0.29, 0.717) is 51.4 Å². The van der Waals surface area contributed by atoms with Crippen LogP contribution < -0.4 is 19.7 Å². The maximum atomic E-state index is 13.9. The highest BCUT2D eigenvalue weighted by Gasteiger charge is 2.22. The monoisotopic (exact) mass is 385 g/mol. The fourth-order valence-corrected chi connectivity index (χ4v) is 3.54. The molecule has 2 aromatic rings. The van der Waals surface area contributed by atoms with E-state index in [2.05, 4.69) is 5.32 Å². The Balaban J connectivity index is 1.18. The van der Waals surface area contributed by atoms with Gasteiger partial charge in [0, 0.05) is 45.7 Å². The van der Waals surface area contributed by atoms with Crippen molar-refractivity contribution in [3.05, 3.63) is 53.8 Å². The quantitative estimate of drug-likeness (QED) is 0.774. The SMILES string of the molecule is O=C(CCNCc1ccc2c(c1)OCO2)N1CCN(c2ccccc2F)CC1. The number of ether oxygens (including phenoxy) is 2. The molecule has 0 saturated carbocycles. The third kappa shape index (κ3) is 4.20. The van der Waals surface area contributed by atoms with Gasteiger partial charge in [-0.3, -0.25) is 4.79 Å². The number of anilines is 1. The number of carbonyl (C=O) groups excluding carboxylic acids is 1. The average molecular weight is 385 g/mol. The van der Waals surface area contributed by atoms with Crippen LogP contribution in [0, 0.1) is 5.82 Å². The summed E-state index contributed by atoms with van der Waals surface area (Å²) in [6.07, 6.45) is 0.449. The number of benzene rings is 2. The molecule has 1 amide bonds. The van der Waals surface area contributed by atoms with Crippen molar-refractivity contribution in [1.29, 1.82) is 0 Å². The second-order valence-corrected chi connectivity index (χ2v) is 6.93. The number of hydrogen-bond acceptors (Lipinski definition) is 5. The number of hydrogen-bond donors (Lipinski definition) is 1.